The molecule has 2 aliphatic heterocycles. The van der Waals surface area contributed by atoms with Crippen molar-refractivity contribution in [3.8, 4) is 0 Å². The molecule has 6 aromatic rings. The number of hydrogen-bond donors (Lipinski definition) is 0. The smallest absolute Gasteiger partial charge is 0.297 e. The number of nitrogens with zero attached hydrogens (tertiary/aromatic N) is 2. The van der Waals surface area contributed by atoms with E-state index in [-0.39, 0.29) is 28.4 Å². The molecule has 1 aromatic heterocycles. The van der Waals surface area contributed by atoms with Gasteiger partial charge in [0.25, 0.3) is 6.71 Å². The number of anilines is 6. The van der Waals surface area contributed by atoms with E-state index in [2.05, 4.69) is 186 Å². The van der Waals surface area contributed by atoms with E-state index in [9.17, 15) is 0 Å². The second-order valence-corrected chi connectivity index (χ2v) is 20.9. The van der Waals surface area contributed by atoms with Crippen LogP contribution in [0.3, 0.4) is 0 Å². The lowest BCUT2D eigenvalue weighted by Crippen LogP contribution is -2.61. The zero-order chi connectivity index (χ0) is 40.0. The first-order valence-electron chi connectivity index (χ1n) is 20.8. The number of aryl methyl sites for hydroxylation is 4. The van der Waals surface area contributed by atoms with Crippen LogP contribution in [0.4, 0.5) is 34.1 Å². The molecule has 0 fully saturated rings. The molecule has 56 heavy (non-hydrogen) atoms. The maximum absolute atomic E-state index is 7.31. The molecule has 0 radical (unpaired) electrons. The SMILES string of the molecule is Cc1cc(C)c(N2c3cc4c(cc3B3c5oc6ccc(C(C)(C)C)cc6c5N(c5ccc(C(C)(C)C)cc5)c5cc(C)cc2c53)C(C)(C)CCC4(C)C)c(C)c1. The van der Waals surface area contributed by atoms with Crippen molar-refractivity contribution in [2.45, 2.75) is 131 Å². The van der Waals surface area contributed by atoms with Crippen LogP contribution >= 0.6 is 0 Å². The van der Waals surface area contributed by atoms with E-state index < -0.39 is 0 Å². The molecule has 9 rings (SSSR count). The molecule has 0 bridgehead atoms. The van der Waals surface area contributed by atoms with E-state index in [1.165, 1.54) is 102 Å². The zero-order valence-electron chi connectivity index (χ0n) is 36.3. The van der Waals surface area contributed by atoms with E-state index in [1.807, 2.05) is 0 Å². The lowest BCUT2D eigenvalue weighted by Gasteiger charge is -2.47. The summed E-state index contributed by atoms with van der Waals surface area (Å²) in [5.74, 6) is 0. The first-order valence-corrected chi connectivity index (χ1v) is 20.8. The van der Waals surface area contributed by atoms with Crippen LogP contribution in [0, 0.1) is 27.7 Å². The van der Waals surface area contributed by atoms with Gasteiger partial charge < -0.3 is 14.2 Å². The average Bonchev–Trinajstić information content (AvgIpc) is 3.48. The van der Waals surface area contributed by atoms with Gasteiger partial charge in [0.2, 0.25) is 0 Å². The molecule has 5 aromatic carbocycles. The third kappa shape index (κ3) is 5.45. The number of benzene rings is 5. The van der Waals surface area contributed by atoms with Crippen molar-refractivity contribution in [3.63, 3.8) is 0 Å². The van der Waals surface area contributed by atoms with Gasteiger partial charge in [0.05, 0.1) is 17.0 Å². The molecule has 0 unspecified atom stereocenters. The summed E-state index contributed by atoms with van der Waals surface area (Å²) in [4.78, 5) is 5.16. The van der Waals surface area contributed by atoms with Crippen LogP contribution in [-0.4, -0.2) is 6.71 Å². The predicted molar refractivity (Wildman–Crippen MR) is 242 cm³/mol. The van der Waals surface area contributed by atoms with Crippen molar-refractivity contribution >= 4 is 68.4 Å². The fraction of sp³-hybridized carbons (Fsp3) is 0.385. The maximum atomic E-state index is 7.31. The van der Waals surface area contributed by atoms with Crippen LogP contribution in [-0.2, 0) is 21.7 Å². The van der Waals surface area contributed by atoms with Crippen molar-refractivity contribution in [3.05, 3.63) is 123 Å². The zero-order valence-corrected chi connectivity index (χ0v) is 36.3. The van der Waals surface area contributed by atoms with Crippen molar-refractivity contribution < 1.29 is 4.42 Å². The molecule has 286 valence electrons. The molecule has 3 heterocycles. The first-order chi connectivity index (χ1) is 26.2. The van der Waals surface area contributed by atoms with Crippen LogP contribution in [0.15, 0.2) is 83.3 Å². The molecule has 3 aliphatic rings. The van der Waals surface area contributed by atoms with E-state index >= 15 is 0 Å². The summed E-state index contributed by atoms with van der Waals surface area (Å²) < 4.78 is 7.31. The first kappa shape index (κ1) is 36.9. The average molecular weight is 739 g/mol. The third-order valence-electron chi connectivity index (χ3n) is 13.5. The predicted octanol–water partition coefficient (Wildman–Crippen LogP) is 12.7. The fourth-order valence-electron chi connectivity index (χ4n) is 10.3. The fourth-order valence-corrected chi connectivity index (χ4v) is 10.3. The maximum Gasteiger partial charge on any atom is 0.297 e. The largest absolute Gasteiger partial charge is 0.468 e. The summed E-state index contributed by atoms with van der Waals surface area (Å²) in [6.07, 6.45) is 2.34. The van der Waals surface area contributed by atoms with Crippen LogP contribution in [0.25, 0.3) is 11.0 Å². The molecule has 3 nitrogen and oxygen atoms in total. The molecule has 0 saturated heterocycles. The lowest BCUT2D eigenvalue weighted by atomic mass is 9.35. The molecule has 0 amide bonds. The molecule has 1 aliphatic carbocycles. The Kier molecular flexibility index (Phi) is 7.85. The van der Waals surface area contributed by atoms with Gasteiger partial charge in [-0.1, -0.05) is 111 Å². The highest BCUT2D eigenvalue weighted by Gasteiger charge is 2.49. The Bertz CT molecular complexity index is 2580. The Morgan fingerprint density at radius 1 is 0.571 bits per heavy atom. The van der Waals surface area contributed by atoms with E-state index in [0.29, 0.717) is 0 Å². The second-order valence-electron chi connectivity index (χ2n) is 20.9. The minimum Gasteiger partial charge on any atom is -0.468 e. The minimum atomic E-state index is -0.0744. The van der Waals surface area contributed by atoms with Crippen molar-refractivity contribution in [1.29, 1.82) is 0 Å². The quantitative estimate of drug-likeness (QED) is 0.165. The molecule has 0 atom stereocenters. The highest BCUT2D eigenvalue weighted by Crippen LogP contribution is 2.52. The van der Waals surface area contributed by atoms with Gasteiger partial charge in [-0.25, -0.2) is 0 Å². The Balaban J connectivity index is 1.44. The monoisotopic (exact) mass is 738 g/mol. The standard InChI is InChI=1S/C52H59BN2O/c1-30-23-32(3)46(33(4)24-30)55-41-29-39-38(51(11,12)21-22-52(39,13)14)28-40(41)53-45-42(25-31(2)26-43(45)55)54(36-18-15-34(16-19-36)49(5,6)7)47-37-27-35(50(8,9)10)17-20-44(37)56-48(47)53/h15-20,23-29H,21-22H2,1-14H3. The highest BCUT2D eigenvalue weighted by molar-refractivity contribution is 7.00. The molecular formula is C52H59BN2O. The molecular weight excluding hydrogens is 679 g/mol. The van der Waals surface area contributed by atoms with Gasteiger partial charge >= 0.3 is 0 Å². The summed E-state index contributed by atoms with van der Waals surface area (Å²) in [6.45, 7) is 32.6. The third-order valence-corrected chi connectivity index (χ3v) is 13.5. The van der Waals surface area contributed by atoms with Gasteiger partial charge in [-0.15, -0.1) is 0 Å². The normalized spacial score (nSPS) is 16.8. The molecule has 0 N–H and O–H groups in total. The van der Waals surface area contributed by atoms with Crippen molar-refractivity contribution in [1.82, 2.24) is 0 Å². The van der Waals surface area contributed by atoms with E-state index in [0.717, 1.165) is 16.9 Å². The summed E-state index contributed by atoms with van der Waals surface area (Å²) in [6, 6.07) is 31.0. The molecule has 0 spiro atoms. The second kappa shape index (κ2) is 11.9. The number of furan rings is 1. The molecule has 4 heteroatoms. The minimum absolute atomic E-state index is 0.00694. The van der Waals surface area contributed by atoms with E-state index in [4.69, 9.17) is 4.42 Å². The van der Waals surface area contributed by atoms with Gasteiger partial charge in [-0.3, -0.25) is 0 Å². The summed E-state index contributed by atoms with van der Waals surface area (Å²) in [7, 11) is 0. The van der Waals surface area contributed by atoms with Crippen molar-refractivity contribution in [2.75, 3.05) is 9.80 Å². The Labute approximate surface area is 336 Å². The topological polar surface area (TPSA) is 19.6 Å². The van der Waals surface area contributed by atoms with Crippen molar-refractivity contribution in [2.24, 2.45) is 0 Å². The van der Waals surface area contributed by atoms with Gasteiger partial charge in [-0.2, -0.15) is 0 Å². The Hall–Kier alpha value is -4.70. The van der Waals surface area contributed by atoms with Gasteiger partial charge in [0.15, 0.2) is 0 Å². The van der Waals surface area contributed by atoms with Gasteiger partial charge in [0.1, 0.15) is 5.58 Å². The summed E-state index contributed by atoms with van der Waals surface area (Å²) >= 11 is 0. The highest BCUT2D eigenvalue weighted by atomic mass is 16.3. The molecule has 0 saturated carbocycles. The van der Waals surface area contributed by atoms with Crippen LogP contribution in [0.5, 0.6) is 0 Å². The van der Waals surface area contributed by atoms with Gasteiger partial charge in [0, 0.05) is 28.1 Å². The Morgan fingerprint density at radius 3 is 1.70 bits per heavy atom. The van der Waals surface area contributed by atoms with Crippen LogP contribution < -0.4 is 26.4 Å². The lowest BCUT2D eigenvalue weighted by molar-refractivity contribution is 0.332. The number of rotatable bonds is 2. The van der Waals surface area contributed by atoms with E-state index in [1.54, 1.807) is 0 Å². The number of hydrogen-bond acceptors (Lipinski definition) is 3. The Morgan fingerprint density at radius 2 is 1.11 bits per heavy atom. The summed E-state index contributed by atoms with van der Waals surface area (Å²) in [5.41, 5.74) is 22.9. The summed E-state index contributed by atoms with van der Waals surface area (Å²) in [5, 5.41) is 1.18. The van der Waals surface area contributed by atoms with Crippen LogP contribution in [0.2, 0.25) is 0 Å². The number of fused-ring (bicyclic) bond motifs is 7. The van der Waals surface area contributed by atoms with Gasteiger partial charge in [-0.05, 0) is 155 Å². The van der Waals surface area contributed by atoms with Crippen LogP contribution in [0.1, 0.15) is 127 Å².